The Balaban J connectivity index is 1.69. The highest BCUT2D eigenvalue weighted by atomic mass is 16.5. The summed E-state index contributed by atoms with van der Waals surface area (Å²) in [6.45, 7) is 0.852. The molecule has 3 atom stereocenters. The molecule has 1 aliphatic carbocycles. The number of nitrogens with two attached hydrogens (primary N) is 1. The smallest absolute Gasteiger partial charge is 0.0649 e. The van der Waals surface area contributed by atoms with Crippen molar-refractivity contribution in [3.63, 3.8) is 0 Å². The molecule has 2 nitrogen and oxygen atoms in total. The maximum Gasteiger partial charge on any atom is 0.0649 e. The Labute approximate surface area is 92.6 Å². The third-order valence-corrected chi connectivity index (χ3v) is 5.00. The van der Waals surface area contributed by atoms with Crippen LogP contribution in [-0.2, 0) is 4.74 Å². The van der Waals surface area contributed by atoms with E-state index in [0.717, 1.165) is 12.5 Å². The summed E-state index contributed by atoms with van der Waals surface area (Å²) in [6.07, 6.45) is 12.0. The third kappa shape index (κ3) is 1.62. The predicted octanol–water partition coefficient (Wildman–Crippen LogP) is 2.46. The summed E-state index contributed by atoms with van der Waals surface area (Å²) in [5.41, 5.74) is 6.43. The molecule has 2 heterocycles. The van der Waals surface area contributed by atoms with Gasteiger partial charge in [-0.25, -0.2) is 0 Å². The van der Waals surface area contributed by atoms with Gasteiger partial charge in [0.2, 0.25) is 0 Å². The van der Waals surface area contributed by atoms with Crippen molar-refractivity contribution < 1.29 is 4.74 Å². The number of fused-ring (bicyclic) bond motifs is 2. The van der Waals surface area contributed by atoms with Gasteiger partial charge in [0, 0.05) is 12.0 Å². The Bertz CT molecular complexity index is 237. The van der Waals surface area contributed by atoms with Crippen molar-refractivity contribution in [2.45, 2.75) is 63.6 Å². The molecule has 3 unspecified atom stereocenters. The van der Waals surface area contributed by atoms with E-state index in [1.165, 1.54) is 51.4 Å². The highest BCUT2D eigenvalue weighted by Crippen LogP contribution is 2.52. The van der Waals surface area contributed by atoms with Crippen LogP contribution in [0.1, 0.15) is 51.4 Å². The second-order valence-electron chi connectivity index (χ2n) is 5.95. The lowest BCUT2D eigenvalue weighted by Gasteiger charge is -2.36. The molecule has 86 valence electrons. The predicted molar refractivity (Wildman–Crippen MR) is 60.6 cm³/mol. The van der Waals surface area contributed by atoms with Crippen molar-refractivity contribution >= 4 is 0 Å². The molecule has 2 saturated heterocycles. The molecule has 2 aliphatic heterocycles. The van der Waals surface area contributed by atoms with Crippen molar-refractivity contribution in [1.29, 1.82) is 0 Å². The van der Waals surface area contributed by atoms with Gasteiger partial charge in [0.1, 0.15) is 0 Å². The van der Waals surface area contributed by atoms with Gasteiger partial charge in [-0.2, -0.15) is 0 Å². The van der Waals surface area contributed by atoms with Crippen LogP contribution in [0.4, 0.5) is 0 Å². The minimum atomic E-state index is 0.373. The van der Waals surface area contributed by atoms with E-state index in [9.17, 15) is 0 Å². The Hall–Kier alpha value is -0.0800. The highest BCUT2D eigenvalue weighted by molar-refractivity contribution is 5.02. The fraction of sp³-hybridized carbons (Fsp3) is 1.00. The average molecular weight is 209 g/mol. The molecule has 1 saturated carbocycles. The Kier molecular flexibility index (Phi) is 2.52. The first kappa shape index (κ1) is 10.1. The van der Waals surface area contributed by atoms with Crippen LogP contribution in [0.2, 0.25) is 0 Å². The largest absolute Gasteiger partial charge is 0.374 e. The minimum absolute atomic E-state index is 0.373. The van der Waals surface area contributed by atoms with Crippen LogP contribution in [-0.4, -0.2) is 18.8 Å². The Morgan fingerprint density at radius 1 is 1.13 bits per heavy atom. The number of hydrogen-bond donors (Lipinski definition) is 1. The molecule has 15 heavy (non-hydrogen) atoms. The van der Waals surface area contributed by atoms with Gasteiger partial charge in [0.25, 0.3) is 0 Å². The van der Waals surface area contributed by atoms with Crippen LogP contribution in [0.25, 0.3) is 0 Å². The Morgan fingerprint density at radius 2 is 1.93 bits per heavy atom. The molecule has 3 aliphatic rings. The van der Waals surface area contributed by atoms with E-state index in [2.05, 4.69) is 0 Å². The lowest BCUT2D eigenvalue weighted by atomic mass is 9.68. The van der Waals surface area contributed by atoms with E-state index < -0.39 is 0 Å². The summed E-state index contributed by atoms with van der Waals surface area (Å²) < 4.78 is 6.01. The van der Waals surface area contributed by atoms with Crippen molar-refractivity contribution in [3.05, 3.63) is 0 Å². The van der Waals surface area contributed by atoms with Crippen LogP contribution in [0.3, 0.4) is 0 Å². The van der Waals surface area contributed by atoms with Gasteiger partial charge in [-0.15, -0.1) is 0 Å². The molecule has 2 heteroatoms. The molecule has 2 N–H and O–H groups in total. The maximum atomic E-state index is 6.05. The number of ether oxygens (including phenoxy) is 1. The summed E-state index contributed by atoms with van der Waals surface area (Å²) in [7, 11) is 0. The van der Waals surface area contributed by atoms with E-state index in [1.807, 2.05) is 0 Å². The van der Waals surface area contributed by atoms with Crippen LogP contribution >= 0.6 is 0 Å². The highest BCUT2D eigenvalue weighted by Gasteiger charge is 2.52. The normalized spacial score (nSPS) is 45.4. The zero-order valence-corrected chi connectivity index (χ0v) is 9.58. The molecular formula is C13H23NO. The summed E-state index contributed by atoms with van der Waals surface area (Å²) in [5.74, 6) is 0.955. The van der Waals surface area contributed by atoms with Gasteiger partial charge in [-0.3, -0.25) is 0 Å². The van der Waals surface area contributed by atoms with Crippen molar-refractivity contribution in [3.8, 4) is 0 Å². The van der Waals surface area contributed by atoms with Gasteiger partial charge in [-0.1, -0.05) is 25.7 Å². The van der Waals surface area contributed by atoms with Crippen molar-refractivity contribution in [2.24, 2.45) is 17.1 Å². The molecule has 0 aromatic heterocycles. The summed E-state index contributed by atoms with van der Waals surface area (Å²) in [4.78, 5) is 0. The second kappa shape index (κ2) is 3.74. The lowest BCUT2D eigenvalue weighted by Crippen LogP contribution is -2.40. The second-order valence-corrected chi connectivity index (χ2v) is 5.95. The van der Waals surface area contributed by atoms with E-state index in [0.29, 0.717) is 17.6 Å². The Morgan fingerprint density at radius 3 is 2.47 bits per heavy atom. The molecule has 0 aromatic rings. The molecule has 0 amide bonds. The molecule has 0 aromatic carbocycles. The fourth-order valence-electron chi connectivity index (χ4n) is 4.19. The molecule has 0 spiro atoms. The molecule has 0 radical (unpaired) electrons. The van der Waals surface area contributed by atoms with Crippen LogP contribution in [0, 0.1) is 11.3 Å². The molecular weight excluding hydrogens is 186 g/mol. The standard InChI is InChI=1S/C13H23NO/c14-9-13(7-10-3-1-2-4-10)8-11-5-6-12(13)15-11/h10-12H,1-9,14H2. The van der Waals surface area contributed by atoms with E-state index >= 15 is 0 Å². The van der Waals surface area contributed by atoms with Gasteiger partial charge < -0.3 is 10.5 Å². The van der Waals surface area contributed by atoms with Crippen molar-refractivity contribution in [2.75, 3.05) is 6.54 Å². The van der Waals surface area contributed by atoms with Crippen LogP contribution in [0.5, 0.6) is 0 Å². The summed E-state index contributed by atoms with van der Waals surface area (Å²) in [5, 5.41) is 0. The maximum absolute atomic E-state index is 6.05. The third-order valence-electron chi connectivity index (χ3n) is 5.00. The van der Waals surface area contributed by atoms with Crippen molar-refractivity contribution in [1.82, 2.24) is 0 Å². The monoisotopic (exact) mass is 209 g/mol. The first-order chi connectivity index (χ1) is 7.32. The van der Waals surface area contributed by atoms with Gasteiger partial charge in [-0.05, 0) is 31.6 Å². The SMILES string of the molecule is NCC1(CC2CCCC2)CC2CCC1O2. The first-order valence-corrected chi connectivity index (χ1v) is 6.68. The number of hydrogen-bond acceptors (Lipinski definition) is 2. The van der Waals surface area contributed by atoms with Gasteiger partial charge >= 0.3 is 0 Å². The average Bonchev–Trinajstić information content (AvgIpc) is 2.93. The molecule has 3 rings (SSSR count). The molecule has 3 fully saturated rings. The van der Waals surface area contributed by atoms with Crippen LogP contribution < -0.4 is 5.73 Å². The number of rotatable bonds is 3. The summed E-state index contributed by atoms with van der Waals surface area (Å²) >= 11 is 0. The fourth-order valence-corrected chi connectivity index (χ4v) is 4.19. The van der Waals surface area contributed by atoms with Gasteiger partial charge in [0.15, 0.2) is 0 Å². The lowest BCUT2D eigenvalue weighted by molar-refractivity contribution is 0.0522. The van der Waals surface area contributed by atoms with E-state index in [1.54, 1.807) is 0 Å². The zero-order valence-electron chi connectivity index (χ0n) is 9.58. The first-order valence-electron chi connectivity index (χ1n) is 6.68. The topological polar surface area (TPSA) is 35.2 Å². The summed E-state index contributed by atoms with van der Waals surface area (Å²) in [6, 6.07) is 0. The zero-order chi connectivity index (χ0) is 10.3. The minimum Gasteiger partial charge on any atom is -0.374 e. The van der Waals surface area contributed by atoms with Crippen LogP contribution in [0.15, 0.2) is 0 Å². The molecule has 2 bridgehead atoms. The van der Waals surface area contributed by atoms with E-state index in [-0.39, 0.29) is 0 Å². The van der Waals surface area contributed by atoms with E-state index in [4.69, 9.17) is 10.5 Å². The quantitative estimate of drug-likeness (QED) is 0.775. The van der Waals surface area contributed by atoms with Gasteiger partial charge in [0.05, 0.1) is 12.2 Å².